The SMILES string of the molecule is CCOC(=O)c1cc(C)c(C#N)c(=S)[nH]1. The number of hydrogen-bond donors (Lipinski definition) is 1. The van der Waals surface area contributed by atoms with Gasteiger partial charge in [-0.25, -0.2) is 4.79 Å². The van der Waals surface area contributed by atoms with Crippen LogP contribution < -0.4 is 0 Å². The highest BCUT2D eigenvalue weighted by molar-refractivity contribution is 7.71. The van der Waals surface area contributed by atoms with Crippen molar-refractivity contribution in [3.63, 3.8) is 0 Å². The number of pyridine rings is 1. The van der Waals surface area contributed by atoms with Crippen LogP contribution in [0.15, 0.2) is 6.07 Å². The van der Waals surface area contributed by atoms with Gasteiger partial charge in [-0.2, -0.15) is 5.26 Å². The van der Waals surface area contributed by atoms with Gasteiger partial charge in [0, 0.05) is 0 Å². The Labute approximate surface area is 92.5 Å². The molecule has 1 aromatic heterocycles. The number of hydrogen-bond acceptors (Lipinski definition) is 4. The summed E-state index contributed by atoms with van der Waals surface area (Å²) in [6.07, 6.45) is 0. The number of nitriles is 1. The van der Waals surface area contributed by atoms with E-state index in [9.17, 15) is 4.79 Å². The van der Waals surface area contributed by atoms with E-state index in [2.05, 4.69) is 4.98 Å². The van der Waals surface area contributed by atoms with Gasteiger partial charge in [0.05, 0.1) is 12.2 Å². The number of nitrogens with one attached hydrogen (secondary N) is 1. The van der Waals surface area contributed by atoms with Crippen molar-refractivity contribution >= 4 is 18.2 Å². The lowest BCUT2D eigenvalue weighted by molar-refractivity contribution is 0.0519. The first-order chi connectivity index (χ1) is 7.10. The zero-order chi connectivity index (χ0) is 11.4. The lowest BCUT2D eigenvalue weighted by atomic mass is 10.1. The van der Waals surface area contributed by atoms with E-state index in [1.165, 1.54) is 0 Å². The van der Waals surface area contributed by atoms with E-state index in [0.717, 1.165) is 0 Å². The van der Waals surface area contributed by atoms with Crippen LogP contribution in [-0.4, -0.2) is 17.6 Å². The number of rotatable bonds is 2. The Balaban J connectivity index is 3.22. The zero-order valence-electron chi connectivity index (χ0n) is 8.46. The maximum atomic E-state index is 11.4. The van der Waals surface area contributed by atoms with Crippen molar-refractivity contribution in [3.8, 4) is 6.07 Å². The molecular formula is C10H10N2O2S. The van der Waals surface area contributed by atoms with Gasteiger partial charge < -0.3 is 9.72 Å². The number of aryl methyl sites for hydroxylation is 1. The van der Waals surface area contributed by atoms with Crippen LogP contribution in [0, 0.1) is 22.9 Å². The van der Waals surface area contributed by atoms with E-state index in [-0.39, 0.29) is 10.3 Å². The molecule has 1 aromatic rings. The molecule has 0 unspecified atom stereocenters. The highest BCUT2D eigenvalue weighted by atomic mass is 32.1. The number of carbonyl (C=O) groups is 1. The summed E-state index contributed by atoms with van der Waals surface area (Å²) in [7, 11) is 0. The third-order valence-electron chi connectivity index (χ3n) is 1.84. The zero-order valence-corrected chi connectivity index (χ0v) is 9.27. The maximum absolute atomic E-state index is 11.4. The Morgan fingerprint density at radius 1 is 1.73 bits per heavy atom. The molecule has 0 saturated carbocycles. The molecule has 15 heavy (non-hydrogen) atoms. The standard InChI is InChI=1S/C10H10N2O2S/c1-3-14-10(13)8-4-6(2)7(5-11)9(15)12-8/h4H,3H2,1-2H3,(H,12,15). The molecule has 1 heterocycles. The number of aromatic amines is 1. The Hall–Kier alpha value is -1.67. The molecule has 1 rings (SSSR count). The van der Waals surface area contributed by atoms with Crippen LogP contribution in [0.5, 0.6) is 0 Å². The summed E-state index contributed by atoms with van der Waals surface area (Å²) in [6.45, 7) is 3.76. The van der Waals surface area contributed by atoms with E-state index in [0.29, 0.717) is 17.7 Å². The second-order valence-corrected chi connectivity index (χ2v) is 3.31. The molecule has 78 valence electrons. The molecule has 0 amide bonds. The van der Waals surface area contributed by atoms with Crippen LogP contribution in [0.1, 0.15) is 28.5 Å². The average molecular weight is 222 g/mol. The molecule has 0 aliphatic heterocycles. The van der Waals surface area contributed by atoms with Crippen LogP contribution in [0.4, 0.5) is 0 Å². The highest BCUT2D eigenvalue weighted by Gasteiger charge is 2.10. The third-order valence-corrected chi connectivity index (χ3v) is 2.14. The van der Waals surface area contributed by atoms with E-state index in [4.69, 9.17) is 22.2 Å². The fourth-order valence-corrected chi connectivity index (χ4v) is 1.46. The summed E-state index contributed by atoms with van der Waals surface area (Å²) in [5.41, 5.74) is 1.33. The summed E-state index contributed by atoms with van der Waals surface area (Å²) < 4.78 is 5.08. The van der Waals surface area contributed by atoms with Gasteiger partial charge in [-0.3, -0.25) is 0 Å². The molecule has 0 atom stereocenters. The van der Waals surface area contributed by atoms with E-state index >= 15 is 0 Å². The first-order valence-electron chi connectivity index (χ1n) is 4.41. The minimum Gasteiger partial charge on any atom is -0.461 e. The molecule has 0 fully saturated rings. The summed E-state index contributed by atoms with van der Waals surface area (Å²) in [4.78, 5) is 14.0. The van der Waals surface area contributed by atoms with Crippen molar-refractivity contribution in [2.45, 2.75) is 13.8 Å². The van der Waals surface area contributed by atoms with Gasteiger partial charge in [-0.15, -0.1) is 0 Å². The topological polar surface area (TPSA) is 65.9 Å². The first-order valence-corrected chi connectivity index (χ1v) is 4.82. The fraction of sp³-hybridized carbons (Fsp3) is 0.300. The van der Waals surface area contributed by atoms with Crippen molar-refractivity contribution in [1.29, 1.82) is 5.26 Å². The quantitative estimate of drug-likeness (QED) is 0.614. The Kier molecular flexibility index (Phi) is 3.58. The predicted molar refractivity (Wildman–Crippen MR) is 57.0 cm³/mol. The Morgan fingerprint density at radius 2 is 2.40 bits per heavy atom. The summed E-state index contributed by atoms with van der Waals surface area (Å²) in [5.74, 6) is -0.462. The van der Waals surface area contributed by atoms with Gasteiger partial charge >= 0.3 is 5.97 Å². The molecule has 0 aromatic carbocycles. The van der Waals surface area contributed by atoms with Crippen LogP contribution in [0.3, 0.4) is 0 Å². The highest BCUT2D eigenvalue weighted by Crippen LogP contribution is 2.10. The summed E-state index contributed by atoms with van der Waals surface area (Å²) in [6, 6.07) is 3.54. The lowest BCUT2D eigenvalue weighted by Crippen LogP contribution is -2.08. The van der Waals surface area contributed by atoms with E-state index in [1.807, 2.05) is 6.07 Å². The smallest absolute Gasteiger partial charge is 0.354 e. The minimum atomic E-state index is -0.462. The number of nitrogens with zero attached hydrogens (tertiary/aromatic N) is 1. The van der Waals surface area contributed by atoms with Crippen molar-refractivity contribution in [2.75, 3.05) is 6.61 Å². The van der Waals surface area contributed by atoms with Crippen LogP contribution in [0.2, 0.25) is 0 Å². The van der Waals surface area contributed by atoms with Gasteiger partial charge in [-0.1, -0.05) is 12.2 Å². The van der Waals surface area contributed by atoms with E-state index in [1.54, 1.807) is 19.9 Å². The lowest BCUT2D eigenvalue weighted by Gasteiger charge is -2.04. The van der Waals surface area contributed by atoms with Gasteiger partial charge in [0.1, 0.15) is 16.4 Å². The summed E-state index contributed by atoms with van der Waals surface area (Å²) >= 11 is 4.94. The van der Waals surface area contributed by atoms with Crippen LogP contribution in [0.25, 0.3) is 0 Å². The number of carbonyl (C=O) groups excluding carboxylic acids is 1. The van der Waals surface area contributed by atoms with Gasteiger partial charge in [0.25, 0.3) is 0 Å². The summed E-state index contributed by atoms with van der Waals surface area (Å²) in [5, 5.41) is 8.78. The van der Waals surface area contributed by atoms with Gasteiger partial charge in [0.2, 0.25) is 0 Å². The number of esters is 1. The van der Waals surface area contributed by atoms with Gasteiger partial charge in [-0.05, 0) is 25.5 Å². The molecule has 0 aliphatic carbocycles. The largest absolute Gasteiger partial charge is 0.461 e. The van der Waals surface area contributed by atoms with Crippen LogP contribution >= 0.6 is 12.2 Å². The average Bonchev–Trinajstić information content (AvgIpc) is 2.17. The molecular weight excluding hydrogens is 212 g/mol. The number of aromatic nitrogens is 1. The van der Waals surface area contributed by atoms with Crippen molar-refractivity contribution in [1.82, 2.24) is 4.98 Å². The van der Waals surface area contributed by atoms with Crippen LogP contribution in [-0.2, 0) is 4.74 Å². The number of ether oxygens (including phenoxy) is 1. The minimum absolute atomic E-state index is 0.264. The Morgan fingerprint density at radius 3 is 2.87 bits per heavy atom. The molecule has 0 aliphatic rings. The number of H-pyrrole nitrogens is 1. The molecule has 4 nitrogen and oxygen atoms in total. The van der Waals surface area contributed by atoms with E-state index < -0.39 is 5.97 Å². The Bertz CT molecular complexity index is 485. The second-order valence-electron chi connectivity index (χ2n) is 2.90. The molecule has 0 saturated heterocycles. The molecule has 5 heteroatoms. The molecule has 0 radical (unpaired) electrons. The normalized spacial score (nSPS) is 9.40. The second kappa shape index (κ2) is 4.71. The monoisotopic (exact) mass is 222 g/mol. The fourth-order valence-electron chi connectivity index (χ4n) is 1.15. The third kappa shape index (κ3) is 2.42. The maximum Gasteiger partial charge on any atom is 0.354 e. The molecule has 0 spiro atoms. The van der Waals surface area contributed by atoms with Crippen molar-refractivity contribution in [2.24, 2.45) is 0 Å². The molecule has 0 bridgehead atoms. The molecule has 1 N–H and O–H groups in total. The first kappa shape index (κ1) is 11.4. The van der Waals surface area contributed by atoms with Crippen molar-refractivity contribution < 1.29 is 9.53 Å². The van der Waals surface area contributed by atoms with Gasteiger partial charge in [0.15, 0.2) is 0 Å². The van der Waals surface area contributed by atoms with Crippen molar-refractivity contribution in [3.05, 3.63) is 27.5 Å². The predicted octanol–water partition coefficient (Wildman–Crippen LogP) is 2.10.